The van der Waals surface area contributed by atoms with E-state index < -0.39 is 0 Å². The number of nitrogens with one attached hydrogen (secondary N) is 1. The molecule has 3 nitrogen and oxygen atoms in total. The van der Waals surface area contributed by atoms with Gasteiger partial charge in [0.2, 0.25) is 5.91 Å². The van der Waals surface area contributed by atoms with E-state index in [9.17, 15) is 4.79 Å². The van der Waals surface area contributed by atoms with E-state index in [0.717, 1.165) is 12.3 Å². The van der Waals surface area contributed by atoms with Crippen molar-refractivity contribution in [2.24, 2.45) is 17.6 Å². The van der Waals surface area contributed by atoms with Crippen LogP contribution in [0.5, 0.6) is 0 Å². The Bertz CT molecular complexity index is 188. The molecule has 0 aromatic carbocycles. The highest BCUT2D eigenvalue weighted by molar-refractivity contribution is 5.79. The smallest absolute Gasteiger partial charge is 0.224 e. The van der Waals surface area contributed by atoms with Gasteiger partial charge >= 0.3 is 0 Å². The van der Waals surface area contributed by atoms with Gasteiger partial charge in [-0.25, -0.2) is 0 Å². The fourth-order valence-electron chi connectivity index (χ4n) is 1.84. The Morgan fingerprint density at radius 1 is 1.50 bits per heavy atom. The molecule has 1 amide bonds. The third-order valence-electron chi connectivity index (χ3n) is 2.93. The lowest BCUT2D eigenvalue weighted by molar-refractivity contribution is -0.126. The Kier molecular flexibility index (Phi) is 4.39. The van der Waals surface area contributed by atoms with Gasteiger partial charge in [0.15, 0.2) is 0 Å². The second kappa shape index (κ2) is 5.35. The van der Waals surface area contributed by atoms with E-state index in [0.29, 0.717) is 6.54 Å². The van der Waals surface area contributed by atoms with Gasteiger partial charge < -0.3 is 11.1 Å². The Morgan fingerprint density at radius 3 is 2.50 bits per heavy atom. The first-order valence-electron chi connectivity index (χ1n) is 5.64. The van der Waals surface area contributed by atoms with Crippen molar-refractivity contribution in [2.45, 2.75) is 45.6 Å². The number of nitrogens with two attached hydrogens (primary N) is 1. The number of rotatable bonds is 5. The van der Waals surface area contributed by atoms with Gasteiger partial charge in [-0.15, -0.1) is 0 Å². The van der Waals surface area contributed by atoms with Gasteiger partial charge in [-0.05, 0) is 26.2 Å². The van der Waals surface area contributed by atoms with Crippen molar-refractivity contribution in [1.29, 1.82) is 0 Å². The summed E-state index contributed by atoms with van der Waals surface area (Å²) in [7, 11) is 0. The van der Waals surface area contributed by atoms with E-state index in [1.807, 2.05) is 13.8 Å². The van der Waals surface area contributed by atoms with E-state index in [4.69, 9.17) is 5.73 Å². The molecule has 0 aromatic rings. The van der Waals surface area contributed by atoms with Gasteiger partial charge in [0.25, 0.3) is 0 Å². The van der Waals surface area contributed by atoms with Crippen molar-refractivity contribution in [3.63, 3.8) is 0 Å². The predicted molar refractivity (Wildman–Crippen MR) is 57.8 cm³/mol. The summed E-state index contributed by atoms with van der Waals surface area (Å²) in [6.45, 7) is 4.44. The van der Waals surface area contributed by atoms with Gasteiger partial charge in [0.05, 0.1) is 5.92 Å². The second-order valence-electron chi connectivity index (χ2n) is 4.63. The average Bonchev–Trinajstić information content (AvgIpc) is 2.01. The van der Waals surface area contributed by atoms with E-state index in [-0.39, 0.29) is 17.9 Å². The summed E-state index contributed by atoms with van der Waals surface area (Å²) in [6, 6.07) is 0.220. The van der Waals surface area contributed by atoms with Gasteiger partial charge in [-0.1, -0.05) is 19.3 Å². The van der Waals surface area contributed by atoms with Crippen LogP contribution in [0.4, 0.5) is 0 Å². The molecule has 1 aliphatic rings. The molecule has 0 heterocycles. The molecule has 0 aliphatic heterocycles. The second-order valence-corrected chi connectivity index (χ2v) is 4.63. The fraction of sp³-hybridized carbons (Fsp3) is 0.909. The average molecular weight is 198 g/mol. The Hall–Kier alpha value is -0.570. The van der Waals surface area contributed by atoms with Crippen LogP contribution in [0, 0.1) is 11.8 Å². The largest absolute Gasteiger partial charge is 0.354 e. The first kappa shape index (κ1) is 11.5. The number of carbonyl (C=O) groups excluding carboxylic acids is 1. The maximum absolute atomic E-state index is 11.7. The van der Waals surface area contributed by atoms with Crippen molar-refractivity contribution in [2.75, 3.05) is 6.54 Å². The van der Waals surface area contributed by atoms with Crippen LogP contribution in [-0.4, -0.2) is 18.5 Å². The van der Waals surface area contributed by atoms with Gasteiger partial charge in [0, 0.05) is 12.6 Å². The molecule has 1 unspecified atom stereocenters. The summed E-state index contributed by atoms with van der Waals surface area (Å²) in [4.78, 5) is 11.7. The third kappa shape index (κ3) is 3.29. The highest BCUT2D eigenvalue weighted by Gasteiger charge is 2.25. The number of carbonyl (C=O) groups is 1. The molecule has 1 rings (SSSR count). The van der Waals surface area contributed by atoms with Crippen LogP contribution in [0.15, 0.2) is 0 Å². The normalized spacial score (nSPS) is 19.1. The molecular formula is C11H22N2O. The fourth-order valence-corrected chi connectivity index (χ4v) is 1.84. The molecule has 0 radical (unpaired) electrons. The summed E-state index contributed by atoms with van der Waals surface area (Å²) in [5, 5.41) is 2.93. The Balaban J connectivity index is 2.31. The van der Waals surface area contributed by atoms with E-state index in [2.05, 4.69) is 5.32 Å². The number of hydrogen-bond acceptors (Lipinski definition) is 2. The molecule has 1 aliphatic carbocycles. The predicted octanol–water partition coefficient (Wildman–Crippen LogP) is 1.28. The van der Waals surface area contributed by atoms with Crippen LogP contribution in [0.1, 0.15) is 39.5 Å². The lowest BCUT2D eigenvalue weighted by atomic mass is 9.79. The molecule has 0 bridgehead atoms. The monoisotopic (exact) mass is 198 g/mol. The molecule has 0 saturated heterocycles. The van der Waals surface area contributed by atoms with Crippen LogP contribution < -0.4 is 11.1 Å². The molecular weight excluding hydrogens is 176 g/mol. The minimum absolute atomic E-state index is 0.0303. The lowest BCUT2D eigenvalue weighted by Gasteiger charge is -2.29. The molecule has 14 heavy (non-hydrogen) atoms. The minimum atomic E-state index is 0.0303. The minimum Gasteiger partial charge on any atom is -0.354 e. The van der Waals surface area contributed by atoms with Crippen molar-refractivity contribution in [3.8, 4) is 0 Å². The summed E-state index contributed by atoms with van der Waals surface area (Å²) in [5.74, 6) is 0.915. The molecule has 0 spiro atoms. The summed E-state index contributed by atoms with van der Waals surface area (Å²) < 4.78 is 0. The molecule has 1 saturated carbocycles. The highest BCUT2D eigenvalue weighted by atomic mass is 16.1. The van der Waals surface area contributed by atoms with Gasteiger partial charge in [-0.3, -0.25) is 4.79 Å². The maximum Gasteiger partial charge on any atom is 0.224 e. The zero-order valence-electron chi connectivity index (χ0n) is 9.25. The third-order valence-corrected chi connectivity index (χ3v) is 2.93. The van der Waals surface area contributed by atoms with Crippen molar-refractivity contribution < 1.29 is 4.79 Å². The zero-order chi connectivity index (χ0) is 10.6. The Labute approximate surface area is 86.4 Å². The van der Waals surface area contributed by atoms with Gasteiger partial charge in [-0.2, -0.15) is 0 Å². The van der Waals surface area contributed by atoms with Crippen LogP contribution in [0.3, 0.4) is 0 Å². The maximum atomic E-state index is 11.7. The summed E-state index contributed by atoms with van der Waals surface area (Å²) in [6.07, 6.45) is 4.87. The van der Waals surface area contributed by atoms with Crippen LogP contribution >= 0.6 is 0 Å². The molecule has 1 atom stereocenters. The lowest BCUT2D eigenvalue weighted by Crippen LogP contribution is -2.40. The van der Waals surface area contributed by atoms with Gasteiger partial charge in [0.1, 0.15) is 0 Å². The first-order valence-corrected chi connectivity index (χ1v) is 5.64. The first-order chi connectivity index (χ1) is 6.63. The van der Waals surface area contributed by atoms with Crippen molar-refractivity contribution in [1.82, 2.24) is 5.32 Å². The summed E-state index contributed by atoms with van der Waals surface area (Å²) >= 11 is 0. The summed E-state index contributed by atoms with van der Waals surface area (Å²) in [5.41, 5.74) is 5.62. The SMILES string of the molecule is CC(C)NC(=O)C(CN)CC1CCC1. The topological polar surface area (TPSA) is 55.1 Å². The molecule has 1 fully saturated rings. The van der Waals surface area contributed by atoms with E-state index in [1.54, 1.807) is 0 Å². The van der Waals surface area contributed by atoms with E-state index >= 15 is 0 Å². The van der Waals surface area contributed by atoms with E-state index in [1.165, 1.54) is 19.3 Å². The Morgan fingerprint density at radius 2 is 2.14 bits per heavy atom. The molecule has 3 heteroatoms. The molecule has 82 valence electrons. The standard InChI is InChI=1S/C11H22N2O/c1-8(2)13-11(14)10(7-12)6-9-4-3-5-9/h8-10H,3-7,12H2,1-2H3,(H,13,14). The van der Waals surface area contributed by atoms with Crippen LogP contribution in [0.2, 0.25) is 0 Å². The van der Waals surface area contributed by atoms with Crippen molar-refractivity contribution >= 4 is 5.91 Å². The molecule has 0 aromatic heterocycles. The number of hydrogen-bond donors (Lipinski definition) is 2. The highest BCUT2D eigenvalue weighted by Crippen LogP contribution is 2.32. The van der Waals surface area contributed by atoms with Crippen LogP contribution in [-0.2, 0) is 4.79 Å². The van der Waals surface area contributed by atoms with Crippen LogP contribution in [0.25, 0.3) is 0 Å². The zero-order valence-corrected chi connectivity index (χ0v) is 9.25. The molecule has 3 N–H and O–H groups in total. The quantitative estimate of drug-likeness (QED) is 0.699. The number of amides is 1. The van der Waals surface area contributed by atoms with Crippen molar-refractivity contribution in [3.05, 3.63) is 0 Å².